The predicted octanol–water partition coefficient (Wildman–Crippen LogP) is 5.11. The monoisotopic (exact) mass is 503 g/mol. The maximum Gasteiger partial charge on any atom is 0.227 e. The molecule has 0 saturated heterocycles. The number of aromatic nitrogens is 2. The van der Waals surface area contributed by atoms with Crippen molar-refractivity contribution in [3.63, 3.8) is 0 Å². The van der Waals surface area contributed by atoms with Gasteiger partial charge < -0.3 is 14.3 Å². The number of benzene rings is 2. The first-order valence-corrected chi connectivity index (χ1v) is 11.0. The molecule has 32 heavy (non-hydrogen) atoms. The van der Waals surface area contributed by atoms with Crippen LogP contribution in [0, 0.1) is 26.8 Å². The summed E-state index contributed by atoms with van der Waals surface area (Å²) in [6, 6.07) is 12.4. The third-order valence-electron chi connectivity index (χ3n) is 6.68. The second-order valence-electron chi connectivity index (χ2n) is 8.76. The number of rotatable bonds is 6. The van der Waals surface area contributed by atoms with Gasteiger partial charge in [-0.2, -0.15) is 7.05 Å². The summed E-state index contributed by atoms with van der Waals surface area (Å²) in [5.74, 6) is 2.21. The van der Waals surface area contributed by atoms with Crippen LogP contribution in [-0.2, 0) is 37.5 Å². The van der Waals surface area contributed by atoms with Crippen LogP contribution in [0.15, 0.2) is 48.8 Å². The number of fused-ring (bicyclic) bond motifs is 3. The molecule has 0 spiro atoms. The van der Waals surface area contributed by atoms with Gasteiger partial charge in [-0.3, -0.25) is 4.79 Å². The van der Waals surface area contributed by atoms with Gasteiger partial charge >= 0.3 is 0 Å². The minimum Gasteiger partial charge on any atom is -0.493 e. The number of carbonyl (C=O) groups is 1. The molecule has 6 heteroatoms. The Morgan fingerprint density at radius 2 is 2.03 bits per heavy atom. The molecule has 5 rings (SSSR count). The molecule has 1 unspecified atom stereocenters. The molecule has 1 radical (unpaired) electrons. The predicted molar refractivity (Wildman–Crippen MR) is 122 cm³/mol. The van der Waals surface area contributed by atoms with Gasteiger partial charge in [-0.1, -0.05) is 29.8 Å². The van der Waals surface area contributed by atoms with Crippen LogP contribution in [0.1, 0.15) is 41.9 Å². The van der Waals surface area contributed by atoms with Gasteiger partial charge in [0.2, 0.25) is 5.91 Å². The van der Waals surface area contributed by atoms with Crippen molar-refractivity contribution in [1.29, 1.82) is 0 Å². The number of hydrogen-bond acceptors (Lipinski definition) is 3. The molecule has 0 bridgehead atoms. The zero-order chi connectivity index (χ0) is 21.5. The molecule has 1 saturated carbocycles. The smallest absolute Gasteiger partial charge is 0.227 e. The van der Waals surface area contributed by atoms with Gasteiger partial charge in [-0.15, -0.1) is 6.20 Å². The van der Waals surface area contributed by atoms with Crippen LogP contribution in [0.3, 0.4) is 0 Å². The largest absolute Gasteiger partial charge is 0.493 e. The van der Waals surface area contributed by atoms with Gasteiger partial charge in [0.25, 0.3) is 0 Å². The van der Waals surface area contributed by atoms with Gasteiger partial charge in [-0.05, 0) is 72.9 Å². The molecule has 3 aromatic rings. The van der Waals surface area contributed by atoms with Crippen molar-refractivity contribution in [2.75, 3.05) is 18.1 Å². The number of aryl methyl sites for hydroxylation is 1. The molecule has 5 nitrogen and oxygen atoms in total. The normalized spacial score (nSPS) is 18.4. The van der Waals surface area contributed by atoms with Gasteiger partial charge in [0, 0.05) is 57.6 Å². The van der Waals surface area contributed by atoms with Crippen LogP contribution in [0.25, 0.3) is 11.1 Å². The maximum atomic E-state index is 13.2. The van der Waals surface area contributed by atoms with Crippen molar-refractivity contribution >= 4 is 11.6 Å². The number of anilines is 1. The Morgan fingerprint density at radius 1 is 1.22 bits per heavy atom. The molecule has 1 aromatic heterocycles. The van der Waals surface area contributed by atoms with Crippen LogP contribution in [0.4, 0.5) is 5.69 Å². The number of amides is 1. The van der Waals surface area contributed by atoms with E-state index in [4.69, 9.17) is 4.74 Å². The number of nitrogens with zero attached hydrogens (tertiary/aromatic N) is 3. The quantitative estimate of drug-likeness (QED) is 0.347. The van der Waals surface area contributed by atoms with E-state index >= 15 is 0 Å². The summed E-state index contributed by atoms with van der Waals surface area (Å²) in [5.41, 5.74) is 6.99. The van der Waals surface area contributed by atoms with Gasteiger partial charge in [0.05, 0.1) is 6.61 Å². The topological polar surface area (TPSA) is 47.4 Å². The molecule has 1 fully saturated rings. The summed E-state index contributed by atoms with van der Waals surface area (Å²) in [7, 11) is 3.85. The number of ether oxygens (including phenoxy) is 1. The Hall–Kier alpha value is -2.11. The molecule has 2 aromatic carbocycles. The van der Waals surface area contributed by atoms with E-state index in [9.17, 15) is 4.79 Å². The third kappa shape index (κ3) is 4.38. The summed E-state index contributed by atoms with van der Waals surface area (Å²) in [4.78, 5) is 15.2. The molecule has 1 aliphatic heterocycles. The fourth-order valence-corrected chi connectivity index (χ4v) is 4.73. The maximum absolute atomic E-state index is 13.2. The molecule has 2 atom stereocenters. The fourth-order valence-electron chi connectivity index (χ4n) is 4.73. The van der Waals surface area contributed by atoms with Gasteiger partial charge in [-0.25, -0.2) is 5.10 Å². The third-order valence-corrected chi connectivity index (χ3v) is 6.68. The summed E-state index contributed by atoms with van der Waals surface area (Å²) in [6.45, 7) is 5.53. The van der Waals surface area contributed by atoms with Crippen molar-refractivity contribution in [2.45, 2.75) is 39.0 Å². The first kappa shape index (κ1) is 23.1. The van der Waals surface area contributed by atoms with Crippen molar-refractivity contribution in [3.05, 3.63) is 72.5 Å². The van der Waals surface area contributed by atoms with Crippen LogP contribution < -0.4 is 9.64 Å². The molecule has 1 amide bonds. The standard InChI is InChI=1S/C26H28N3O2.Y/c1-17-7-4-10-24(18(17)2)31-12-6-11-25(30)29-16-19-13-22(19)26-21(8-5-9-23(26)29)20-14-27-28(3)15-20;/h4-5,7-10,14-15,19,22H,3,6,11-13,16H2,1-2H3;/q-1;/t19-,22?;/m1./s1. The van der Waals surface area contributed by atoms with E-state index < -0.39 is 0 Å². The summed E-state index contributed by atoms with van der Waals surface area (Å²) < 4.78 is 7.53. The Balaban J connectivity index is 0.00000245. The van der Waals surface area contributed by atoms with Crippen molar-refractivity contribution < 1.29 is 42.2 Å². The Labute approximate surface area is 215 Å². The first-order chi connectivity index (χ1) is 15.0. The fraction of sp³-hybridized carbons (Fsp3) is 0.346. The van der Waals surface area contributed by atoms with Crippen molar-refractivity contribution in [3.8, 4) is 16.9 Å². The Kier molecular flexibility index (Phi) is 6.78. The van der Waals surface area contributed by atoms with Crippen LogP contribution >= 0.6 is 0 Å². The molecule has 0 N–H and O–H groups in total. The molecular formula is C26H28N3O2Y-. The average molecular weight is 503 g/mol. The van der Waals surface area contributed by atoms with E-state index in [1.807, 2.05) is 35.5 Å². The summed E-state index contributed by atoms with van der Waals surface area (Å²) >= 11 is 0. The van der Waals surface area contributed by atoms with Gasteiger partial charge in [0.1, 0.15) is 5.75 Å². The molecule has 2 aliphatic rings. The Bertz CT molecular complexity index is 1140. The van der Waals surface area contributed by atoms with Crippen LogP contribution in [0.2, 0.25) is 0 Å². The minimum atomic E-state index is 0. The molecule has 163 valence electrons. The van der Waals surface area contributed by atoms with Crippen LogP contribution in [-0.4, -0.2) is 28.8 Å². The minimum absolute atomic E-state index is 0. The van der Waals surface area contributed by atoms with E-state index in [-0.39, 0.29) is 38.6 Å². The summed E-state index contributed by atoms with van der Waals surface area (Å²) in [6.07, 6.45) is 6.15. The zero-order valence-corrected chi connectivity index (χ0v) is 21.6. The number of hydrogen-bond donors (Lipinski definition) is 0. The van der Waals surface area contributed by atoms with E-state index in [2.05, 4.69) is 44.2 Å². The second-order valence-corrected chi connectivity index (χ2v) is 8.76. The van der Waals surface area contributed by atoms with Crippen molar-refractivity contribution in [1.82, 2.24) is 9.78 Å². The van der Waals surface area contributed by atoms with Crippen LogP contribution in [0.5, 0.6) is 5.75 Å². The van der Waals surface area contributed by atoms with E-state index in [0.29, 0.717) is 31.3 Å². The second kappa shape index (κ2) is 9.40. The van der Waals surface area contributed by atoms with E-state index in [1.54, 1.807) is 4.68 Å². The van der Waals surface area contributed by atoms with Crippen molar-refractivity contribution in [2.24, 2.45) is 5.92 Å². The summed E-state index contributed by atoms with van der Waals surface area (Å²) in [5, 5.41) is 4.23. The average Bonchev–Trinajstić information content (AvgIpc) is 3.43. The molecule has 2 heterocycles. The first-order valence-electron chi connectivity index (χ1n) is 11.0. The SMILES string of the molecule is [CH2-]n1cc(-c2cccc3c2C2C[C@@H]2CN3C(=O)CCCOc2cccc(C)c2C)cn1.[Y]. The Morgan fingerprint density at radius 3 is 2.81 bits per heavy atom. The zero-order valence-electron chi connectivity index (χ0n) is 18.8. The van der Waals surface area contributed by atoms with E-state index in [0.717, 1.165) is 35.5 Å². The van der Waals surface area contributed by atoms with Gasteiger partial charge in [0.15, 0.2) is 0 Å². The molecule has 1 aliphatic carbocycles. The van der Waals surface area contributed by atoms with E-state index in [1.165, 1.54) is 16.7 Å². The molecular weight excluding hydrogens is 475 g/mol. The number of carbonyl (C=O) groups excluding carboxylic acids is 1.